The van der Waals surface area contributed by atoms with Crippen molar-refractivity contribution in [2.75, 3.05) is 0 Å². The molecule has 2 N–H and O–H groups in total. The van der Waals surface area contributed by atoms with Crippen molar-refractivity contribution in [1.82, 2.24) is 9.97 Å². The van der Waals surface area contributed by atoms with Gasteiger partial charge in [-0.25, -0.2) is 4.98 Å². The third-order valence-corrected chi connectivity index (χ3v) is 1.08. The Kier molecular flexibility index (Phi) is 3.27. The van der Waals surface area contributed by atoms with Crippen LogP contribution in [0.2, 0.25) is 0 Å². The van der Waals surface area contributed by atoms with Gasteiger partial charge in [0, 0.05) is 5.69 Å². The number of nitrogens with zero attached hydrogens (tertiary/aromatic N) is 1. The summed E-state index contributed by atoms with van der Waals surface area (Å²) in [7, 11) is 0. The zero-order chi connectivity index (χ0) is 5.98. The van der Waals surface area contributed by atoms with Crippen LogP contribution in [-0.2, 0) is 6.61 Å². The van der Waals surface area contributed by atoms with Gasteiger partial charge in [-0.1, -0.05) is 0 Å². The molecule has 0 saturated heterocycles. The van der Waals surface area contributed by atoms with Crippen molar-refractivity contribution in [3.05, 3.63) is 17.7 Å². The predicted octanol–water partition coefficient (Wildman–Crippen LogP) is -2.79. The lowest BCUT2D eigenvalue weighted by Gasteiger charge is -1.85. The lowest BCUT2D eigenvalue weighted by atomic mass is 10.4. The monoisotopic (exact) mass is 147 g/mol. The summed E-state index contributed by atoms with van der Waals surface area (Å²) in [4.78, 5) is 6.68. The van der Waals surface area contributed by atoms with Gasteiger partial charge in [-0.2, -0.15) is 0 Å². The molecule has 0 spiro atoms. The van der Waals surface area contributed by atoms with E-state index in [1.54, 1.807) is 6.33 Å². The average Bonchev–Trinajstić information content (AvgIpc) is 2.14. The first-order valence-corrected chi connectivity index (χ1v) is 2.44. The highest BCUT2D eigenvalue weighted by Gasteiger charge is 1.94. The van der Waals surface area contributed by atoms with Crippen LogP contribution in [0, 0.1) is 6.92 Å². The molecule has 0 aliphatic carbocycles. The molecule has 0 amide bonds. The summed E-state index contributed by atoms with van der Waals surface area (Å²) in [6.07, 6.45) is 1.57. The van der Waals surface area contributed by atoms with Crippen LogP contribution in [0.5, 0.6) is 0 Å². The second-order valence-electron chi connectivity index (χ2n) is 1.63. The number of nitrogens with one attached hydrogen (secondary N) is 1. The van der Waals surface area contributed by atoms with Crippen LogP contribution in [0.4, 0.5) is 0 Å². The fourth-order valence-corrected chi connectivity index (χ4v) is 0.547. The van der Waals surface area contributed by atoms with E-state index in [2.05, 4.69) is 9.97 Å². The van der Waals surface area contributed by atoms with Crippen LogP contribution >= 0.6 is 0 Å². The Morgan fingerprint density at radius 3 is 2.67 bits per heavy atom. The van der Waals surface area contributed by atoms with E-state index in [9.17, 15) is 0 Å². The molecule has 1 aromatic heterocycles. The maximum Gasteiger partial charge on any atom is 0.0926 e. The Morgan fingerprint density at radius 2 is 2.44 bits per heavy atom. The van der Waals surface area contributed by atoms with E-state index in [0.717, 1.165) is 11.4 Å². The molecule has 1 rings (SSSR count). The molecule has 1 aromatic rings. The third kappa shape index (κ3) is 1.69. The Hall–Kier alpha value is -0.540. The number of imidazole rings is 1. The van der Waals surface area contributed by atoms with Crippen molar-refractivity contribution in [3.8, 4) is 0 Å². The normalized spacial score (nSPS) is 8.67. The molecule has 4 heteroatoms. The van der Waals surface area contributed by atoms with Crippen LogP contribution in [0.15, 0.2) is 6.33 Å². The number of halogens is 1. The molecule has 0 aromatic carbocycles. The Morgan fingerprint density at radius 1 is 1.78 bits per heavy atom. The number of aliphatic hydroxyl groups excluding tert-OH is 1. The van der Waals surface area contributed by atoms with Gasteiger partial charge in [0.1, 0.15) is 0 Å². The highest BCUT2D eigenvalue weighted by Crippen LogP contribution is 1.97. The van der Waals surface area contributed by atoms with E-state index in [1.165, 1.54) is 0 Å². The quantitative estimate of drug-likeness (QED) is 0.452. The second-order valence-corrected chi connectivity index (χ2v) is 1.63. The molecular formula is C5H8ClN2O-. The zero-order valence-corrected chi connectivity index (χ0v) is 5.81. The molecule has 0 fully saturated rings. The number of aryl methyl sites for hydroxylation is 1. The van der Waals surface area contributed by atoms with Crippen LogP contribution in [-0.4, -0.2) is 15.1 Å². The average molecular weight is 148 g/mol. The Balaban J connectivity index is 0.000000640. The Labute approximate surface area is 59.5 Å². The standard InChI is InChI=1S/C5H8N2O.ClH/c1-4-5(2-8)7-3-6-4;/h3,8H,2H2,1H3,(H,6,7);1H/p-1. The van der Waals surface area contributed by atoms with Gasteiger partial charge in [-0.15, -0.1) is 0 Å². The molecule has 0 unspecified atom stereocenters. The van der Waals surface area contributed by atoms with Gasteiger partial charge in [0.05, 0.1) is 18.6 Å². The van der Waals surface area contributed by atoms with Crippen molar-refractivity contribution in [2.24, 2.45) is 0 Å². The highest BCUT2D eigenvalue weighted by molar-refractivity contribution is 5.06. The number of H-pyrrole nitrogens is 1. The summed E-state index contributed by atoms with van der Waals surface area (Å²) in [5.41, 5.74) is 1.66. The molecule has 0 aliphatic rings. The molecule has 3 nitrogen and oxygen atoms in total. The Bertz CT molecular complexity index is 175. The largest absolute Gasteiger partial charge is 1.00 e. The fraction of sp³-hybridized carbons (Fsp3) is 0.400. The van der Waals surface area contributed by atoms with E-state index >= 15 is 0 Å². The number of aromatic nitrogens is 2. The first-order chi connectivity index (χ1) is 3.84. The van der Waals surface area contributed by atoms with Gasteiger partial charge in [-0.05, 0) is 6.92 Å². The minimum absolute atomic E-state index is 0. The molecule has 52 valence electrons. The summed E-state index contributed by atoms with van der Waals surface area (Å²) in [6.45, 7) is 1.90. The number of aliphatic hydroxyl groups is 1. The smallest absolute Gasteiger partial charge is 0.0926 e. The third-order valence-electron chi connectivity index (χ3n) is 1.08. The summed E-state index contributed by atoms with van der Waals surface area (Å²) in [6, 6.07) is 0. The van der Waals surface area contributed by atoms with E-state index in [-0.39, 0.29) is 19.0 Å². The summed E-state index contributed by atoms with van der Waals surface area (Å²) >= 11 is 0. The van der Waals surface area contributed by atoms with Gasteiger partial charge in [0.2, 0.25) is 0 Å². The minimum Gasteiger partial charge on any atom is -1.00 e. The molecule has 0 bridgehead atoms. The van der Waals surface area contributed by atoms with E-state index in [1.807, 2.05) is 6.92 Å². The van der Waals surface area contributed by atoms with E-state index in [4.69, 9.17) is 5.11 Å². The summed E-state index contributed by atoms with van der Waals surface area (Å²) in [5.74, 6) is 0. The van der Waals surface area contributed by atoms with Gasteiger partial charge >= 0.3 is 0 Å². The van der Waals surface area contributed by atoms with Crippen LogP contribution in [0.1, 0.15) is 11.4 Å². The maximum absolute atomic E-state index is 8.52. The molecule has 0 aliphatic heterocycles. The van der Waals surface area contributed by atoms with Gasteiger partial charge in [0.15, 0.2) is 0 Å². The first kappa shape index (κ1) is 8.46. The first-order valence-electron chi connectivity index (χ1n) is 2.44. The van der Waals surface area contributed by atoms with Crippen molar-refractivity contribution < 1.29 is 17.5 Å². The lowest BCUT2D eigenvalue weighted by Crippen LogP contribution is -3.00. The topological polar surface area (TPSA) is 48.9 Å². The zero-order valence-electron chi connectivity index (χ0n) is 5.06. The number of rotatable bonds is 1. The second kappa shape index (κ2) is 3.48. The molecule has 0 atom stereocenters. The molecule has 0 radical (unpaired) electrons. The van der Waals surface area contributed by atoms with Crippen molar-refractivity contribution in [3.63, 3.8) is 0 Å². The number of hydrogen-bond donors (Lipinski definition) is 2. The summed E-state index contributed by atoms with van der Waals surface area (Å²) < 4.78 is 0. The van der Waals surface area contributed by atoms with E-state index in [0.29, 0.717) is 0 Å². The van der Waals surface area contributed by atoms with Crippen molar-refractivity contribution in [2.45, 2.75) is 13.5 Å². The number of hydrogen-bond acceptors (Lipinski definition) is 2. The van der Waals surface area contributed by atoms with Crippen molar-refractivity contribution in [1.29, 1.82) is 0 Å². The van der Waals surface area contributed by atoms with Crippen LogP contribution in [0.3, 0.4) is 0 Å². The molecule has 9 heavy (non-hydrogen) atoms. The van der Waals surface area contributed by atoms with E-state index < -0.39 is 0 Å². The molecule has 0 saturated carbocycles. The number of aromatic amines is 1. The minimum atomic E-state index is 0. The summed E-state index contributed by atoms with van der Waals surface area (Å²) in [5, 5.41) is 8.52. The SMILES string of the molecule is Cc1[nH]cnc1CO.[Cl-]. The van der Waals surface area contributed by atoms with Gasteiger partial charge in [0.25, 0.3) is 0 Å². The van der Waals surface area contributed by atoms with Gasteiger partial charge in [-0.3, -0.25) is 0 Å². The highest BCUT2D eigenvalue weighted by atomic mass is 35.5. The fourth-order valence-electron chi connectivity index (χ4n) is 0.547. The van der Waals surface area contributed by atoms with Crippen LogP contribution in [0.25, 0.3) is 0 Å². The maximum atomic E-state index is 8.52. The van der Waals surface area contributed by atoms with Crippen molar-refractivity contribution >= 4 is 0 Å². The molecular weight excluding hydrogens is 140 g/mol. The molecule has 1 heterocycles. The van der Waals surface area contributed by atoms with Gasteiger partial charge < -0.3 is 22.5 Å². The lowest BCUT2D eigenvalue weighted by molar-refractivity contribution is -0.00000287. The van der Waals surface area contributed by atoms with Crippen LogP contribution < -0.4 is 12.4 Å². The predicted molar refractivity (Wildman–Crippen MR) is 29.2 cm³/mol.